The van der Waals surface area contributed by atoms with Crippen LogP contribution in [0.15, 0.2) is 0 Å². The lowest BCUT2D eigenvalue weighted by Gasteiger charge is -2.21. The van der Waals surface area contributed by atoms with Crippen LogP contribution in [0.5, 0.6) is 0 Å². The van der Waals surface area contributed by atoms with Crippen molar-refractivity contribution in [3.8, 4) is 0 Å². The maximum absolute atomic E-state index is 12.3. The van der Waals surface area contributed by atoms with Gasteiger partial charge in [-0.25, -0.2) is 0 Å². The minimum atomic E-state index is -4.08. The maximum Gasteiger partial charge on any atom is 0.406 e. The first-order valence-corrected chi connectivity index (χ1v) is 4.34. The Morgan fingerprint density at radius 1 is 1.31 bits per heavy atom. The normalized spacial score (nSPS) is 20.8. The molecule has 1 rings (SSSR count). The van der Waals surface area contributed by atoms with E-state index in [1.165, 1.54) is 0 Å². The summed E-state index contributed by atoms with van der Waals surface area (Å²) in [6.45, 7) is 1.03. The van der Waals surface area contributed by atoms with E-state index < -0.39 is 11.7 Å². The molecule has 0 aromatic rings. The molecule has 13 heavy (non-hydrogen) atoms. The van der Waals surface area contributed by atoms with E-state index in [0.29, 0.717) is 13.1 Å². The lowest BCUT2D eigenvalue weighted by atomic mass is 10.2. The van der Waals surface area contributed by atoms with E-state index in [-0.39, 0.29) is 12.8 Å². The first kappa shape index (κ1) is 10.8. The molecule has 0 spiro atoms. The van der Waals surface area contributed by atoms with Crippen LogP contribution in [0.4, 0.5) is 13.2 Å². The Morgan fingerprint density at radius 3 is 2.15 bits per heavy atom. The Morgan fingerprint density at radius 2 is 1.85 bits per heavy atom. The summed E-state index contributed by atoms with van der Waals surface area (Å²) in [7, 11) is 3.68. The van der Waals surface area contributed by atoms with Crippen molar-refractivity contribution in [2.45, 2.75) is 24.6 Å². The van der Waals surface area contributed by atoms with E-state index in [1.807, 2.05) is 19.0 Å². The second kappa shape index (κ2) is 3.46. The Kier molecular flexibility index (Phi) is 2.87. The predicted octanol–water partition coefficient (Wildman–Crippen LogP) is 1.23. The number of halogens is 3. The summed E-state index contributed by atoms with van der Waals surface area (Å²) in [4.78, 5) is 1.86. The van der Waals surface area contributed by atoms with Gasteiger partial charge in [-0.15, -0.1) is 0 Å². The van der Waals surface area contributed by atoms with Gasteiger partial charge in [-0.3, -0.25) is 0 Å². The highest BCUT2D eigenvalue weighted by atomic mass is 19.4. The van der Waals surface area contributed by atoms with E-state index >= 15 is 0 Å². The summed E-state index contributed by atoms with van der Waals surface area (Å²) in [5.41, 5.74) is -1.55. The second-order valence-corrected chi connectivity index (χ2v) is 3.81. The van der Waals surface area contributed by atoms with Gasteiger partial charge in [0.25, 0.3) is 0 Å². The fourth-order valence-electron chi connectivity index (χ4n) is 1.20. The summed E-state index contributed by atoms with van der Waals surface area (Å²) in [5, 5.41) is 2.57. The molecule has 0 radical (unpaired) electrons. The van der Waals surface area contributed by atoms with Crippen molar-refractivity contribution in [1.29, 1.82) is 0 Å². The fourth-order valence-corrected chi connectivity index (χ4v) is 1.20. The van der Waals surface area contributed by atoms with Gasteiger partial charge < -0.3 is 10.2 Å². The molecule has 5 heteroatoms. The van der Waals surface area contributed by atoms with E-state index in [2.05, 4.69) is 5.32 Å². The third-order valence-corrected chi connectivity index (χ3v) is 2.32. The molecule has 0 aromatic carbocycles. The molecular weight excluding hydrogens is 181 g/mol. The zero-order valence-corrected chi connectivity index (χ0v) is 7.91. The molecule has 1 aliphatic rings. The van der Waals surface area contributed by atoms with E-state index in [0.717, 1.165) is 0 Å². The van der Waals surface area contributed by atoms with Crippen LogP contribution >= 0.6 is 0 Å². The summed E-state index contributed by atoms with van der Waals surface area (Å²) >= 11 is 0. The Labute approximate surface area is 76.1 Å². The summed E-state index contributed by atoms with van der Waals surface area (Å²) in [6, 6.07) is 0. The predicted molar refractivity (Wildman–Crippen MR) is 44.6 cm³/mol. The average Bonchev–Trinajstić information content (AvgIpc) is 2.65. The molecule has 2 nitrogen and oxygen atoms in total. The molecule has 1 N–H and O–H groups in total. The molecule has 1 aliphatic carbocycles. The molecule has 0 saturated heterocycles. The molecular formula is C8H15F3N2. The van der Waals surface area contributed by atoms with Gasteiger partial charge in [0.15, 0.2) is 0 Å². The SMILES string of the molecule is CN(C)CCNC1(C(F)(F)F)CC1. The van der Waals surface area contributed by atoms with Crippen molar-refractivity contribution in [3.05, 3.63) is 0 Å². The van der Waals surface area contributed by atoms with Crippen molar-refractivity contribution in [1.82, 2.24) is 10.2 Å². The van der Waals surface area contributed by atoms with E-state index in [1.54, 1.807) is 0 Å². The van der Waals surface area contributed by atoms with Gasteiger partial charge in [0.2, 0.25) is 0 Å². The number of alkyl halides is 3. The molecule has 0 heterocycles. The number of hydrogen-bond donors (Lipinski definition) is 1. The van der Waals surface area contributed by atoms with Crippen LogP contribution < -0.4 is 5.32 Å². The van der Waals surface area contributed by atoms with Gasteiger partial charge >= 0.3 is 6.18 Å². The van der Waals surface area contributed by atoms with Gasteiger partial charge in [0.1, 0.15) is 5.54 Å². The van der Waals surface area contributed by atoms with Gasteiger partial charge in [-0.1, -0.05) is 0 Å². The van der Waals surface area contributed by atoms with Crippen molar-refractivity contribution < 1.29 is 13.2 Å². The molecule has 0 aliphatic heterocycles. The molecule has 78 valence electrons. The smallest absolute Gasteiger partial charge is 0.308 e. The molecule has 0 bridgehead atoms. The van der Waals surface area contributed by atoms with Gasteiger partial charge in [0, 0.05) is 13.1 Å². The van der Waals surface area contributed by atoms with Crippen LogP contribution in [0.2, 0.25) is 0 Å². The number of nitrogens with zero attached hydrogens (tertiary/aromatic N) is 1. The van der Waals surface area contributed by atoms with Gasteiger partial charge in [-0.05, 0) is 26.9 Å². The molecule has 0 aromatic heterocycles. The van der Waals surface area contributed by atoms with Crippen LogP contribution in [0.1, 0.15) is 12.8 Å². The first-order valence-electron chi connectivity index (χ1n) is 4.34. The molecule has 0 atom stereocenters. The van der Waals surface area contributed by atoms with Crippen molar-refractivity contribution in [2.24, 2.45) is 0 Å². The van der Waals surface area contributed by atoms with Crippen molar-refractivity contribution in [3.63, 3.8) is 0 Å². The minimum Gasteiger partial charge on any atom is -0.308 e. The minimum absolute atomic E-state index is 0.226. The van der Waals surface area contributed by atoms with Crippen LogP contribution in [0.3, 0.4) is 0 Å². The van der Waals surface area contributed by atoms with Crippen LogP contribution in [-0.4, -0.2) is 43.8 Å². The van der Waals surface area contributed by atoms with Crippen LogP contribution in [0.25, 0.3) is 0 Å². The lowest BCUT2D eigenvalue weighted by Crippen LogP contribution is -2.47. The third kappa shape index (κ3) is 2.57. The van der Waals surface area contributed by atoms with Crippen molar-refractivity contribution in [2.75, 3.05) is 27.2 Å². The number of hydrogen-bond acceptors (Lipinski definition) is 2. The zero-order valence-electron chi connectivity index (χ0n) is 7.91. The zero-order chi connectivity index (χ0) is 10.1. The standard InChI is InChI=1S/C8H15F3N2/c1-13(2)6-5-12-7(3-4-7)8(9,10)11/h12H,3-6H2,1-2H3. The maximum atomic E-state index is 12.3. The highest BCUT2D eigenvalue weighted by Gasteiger charge is 2.62. The third-order valence-electron chi connectivity index (χ3n) is 2.32. The van der Waals surface area contributed by atoms with E-state index in [4.69, 9.17) is 0 Å². The number of likely N-dealkylation sites (N-methyl/N-ethyl adjacent to an activating group) is 1. The molecule has 0 unspecified atom stereocenters. The average molecular weight is 196 g/mol. The largest absolute Gasteiger partial charge is 0.406 e. The highest BCUT2D eigenvalue weighted by molar-refractivity contribution is 5.07. The van der Waals surface area contributed by atoms with E-state index in [9.17, 15) is 13.2 Å². The topological polar surface area (TPSA) is 15.3 Å². The molecule has 1 saturated carbocycles. The highest BCUT2D eigenvalue weighted by Crippen LogP contribution is 2.48. The van der Waals surface area contributed by atoms with Crippen molar-refractivity contribution >= 4 is 0 Å². The Hall–Kier alpha value is -0.290. The number of rotatable bonds is 4. The summed E-state index contributed by atoms with van der Waals surface area (Å²) in [5.74, 6) is 0. The van der Waals surface area contributed by atoms with Crippen LogP contribution in [0, 0.1) is 0 Å². The second-order valence-electron chi connectivity index (χ2n) is 3.81. The molecule has 1 fully saturated rings. The monoisotopic (exact) mass is 196 g/mol. The fraction of sp³-hybridized carbons (Fsp3) is 1.00. The quantitative estimate of drug-likeness (QED) is 0.727. The van der Waals surface area contributed by atoms with Crippen LogP contribution in [-0.2, 0) is 0 Å². The first-order chi connectivity index (χ1) is 5.87. The van der Waals surface area contributed by atoms with Gasteiger partial charge in [0.05, 0.1) is 0 Å². The molecule has 0 amide bonds. The summed E-state index contributed by atoms with van der Waals surface area (Å²) in [6.07, 6.45) is -3.63. The summed E-state index contributed by atoms with van der Waals surface area (Å²) < 4.78 is 37.0. The Bertz CT molecular complexity index is 173. The Balaban J connectivity index is 2.29. The number of nitrogens with one attached hydrogen (secondary N) is 1. The van der Waals surface area contributed by atoms with Gasteiger partial charge in [-0.2, -0.15) is 13.2 Å². The lowest BCUT2D eigenvalue weighted by molar-refractivity contribution is -0.165.